The van der Waals surface area contributed by atoms with Gasteiger partial charge in [-0.3, -0.25) is 4.90 Å². The number of aliphatic hydroxyl groups is 2. The molecule has 0 spiro atoms. The van der Waals surface area contributed by atoms with Crippen LogP contribution in [0, 0.1) is 0 Å². The monoisotopic (exact) mass is 237 g/mol. The van der Waals surface area contributed by atoms with E-state index in [9.17, 15) is 10.2 Å². The number of nitrogens with zero attached hydrogens (tertiary/aromatic N) is 1. The van der Waals surface area contributed by atoms with Gasteiger partial charge in [0, 0.05) is 19.6 Å². The lowest BCUT2D eigenvalue weighted by Gasteiger charge is -2.19. The SMILES string of the molecule is OC(COc1ccccc1)CN1CC[C@@H](O)C1. The average Bonchev–Trinajstić information content (AvgIpc) is 2.73. The highest BCUT2D eigenvalue weighted by atomic mass is 16.5. The average molecular weight is 237 g/mol. The van der Waals surface area contributed by atoms with Crippen LogP contribution in [-0.2, 0) is 0 Å². The Morgan fingerprint density at radius 1 is 1.35 bits per heavy atom. The van der Waals surface area contributed by atoms with Crippen molar-refractivity contribution in [3.05, 3.63) is 30.3 Å². The molecule has 1 aliphatic heterocycles. The van der Waals surface area contributed by atoms with E-state index in [4.69, 9.17) is 4.74 Å². The molecule has 0 saturated carbocycles. The minimum Gasteiger partial charge on any atom is -0.491 e. The second-order valence-electron chi connectivity index (χ2n) is 4.48. The Morgan fingerprint density at radius 3 is 2.76 bits per heavy atom. The van der Waals surface area contributed by atoms with E-state index in [0.29, 0.717) is 13.1 Å². The molecule has 0 amide bonds. The summed E-state index contributed by atoms with van der Waals surface area (Å²) in [5.41, 5.74) is 0. The Morgan fingerprint density at radius 2 is 2.12 bits per heavy atom. The van der Waals surface area contributed by atoms with Gasteiger partial charge in [0.2, 0.25) is 0 Å². The first-order valence-electron chi connectivity index (χ1n) is 6.00. The highest BCUT2D eigenvalue weighted by Gasteiger charge is 2.22. The van der Waals surface area contributed by atoms with Gasteiger partial charge in [-0.15, -0.1) is 0 Å². The first-order chi connectivity index (χ1) is 8.24. The molecule has 17 heavy (non-hydrogen) atoms. The van der Waals surface area contributed by atoms with Crippen molar-refractivity contribution in [3.63, 3.8) is 0 Å². The van der Waals surface area contributed by atoms with E-state index in [-0.39, 0.29) is 12.7 Å². The van der Waals surface area contributed by atoms with Crippen LogP contribution in [0.15, 0.2) is 30.3 Å². The van der Waals surface area contributed by atoms with Crippen LogP contribution < -0.4 is 4.74 Å². The topological polar surface area (TPSA) is 52.9 Å². The maximum absolute atomic E-state index is 9.81. The van der Waals surface area contributed by atoms with Crippen molar-refractivity contribution in [2.24, 2.45) is 0 Å². The highest BCUT2D eigenvalue weighted by molar-refractivity contribution is 5.20. The Bertz CT molecular complexity index is 331. The lowest BCUT2D eigenvalue weighted by Crippen LogP contribution is -2.34. The molecule has 0 aliphatic carbocycles. The summed E-state index contributed by atoms with van der Waals surface area (Å²) in [6.07, 6.45) is 0.0458. The summed E-state index contributed by atoms with van der Waals surface area (Å²) in [5, 5.41) is 19.2. The van der Waals surface area contributed by atoms with E-state index in [2.05, 4.69) is 4.90 Å². The lowest BCUT2D eigenvalue weighted by molar-refractivity contribution is 0.0707. The normalized spacial score (nSPS) is 22.6. The zero-order valence-corrected chi connectivity index (χ0v) is 9.83. The molecule has 1 aromatic carbocycles. The van der Waals surface area contributed by atoms with E-state index >= 15 is 0 Å². The molecule has 94 valence electrons. The van der Waals surface area contributed by atoms with Gasteiger partial charge in [-0.05, 0) is 18.6 Å². The zero-order valence-electron chi connectivity index (χ0n) is 9.83. The number of β-amino-alcohol motifs (C(OH)–C–C–N with tert-alkyl or cyclic N) is 2. The van der Waals surface area contributed by atoms with Crippen LogP contribution in [0.5, 0.6) is 5.75 Å². The van der Waals surface area contributed by atoms with Gasteiger partial charge < -0.3 is 14.9 Å². The summed E-state index contributed by atoms with van der Waals surface area (Å²) in [6, 6.07) is 9.46. The molecule has 4 nitrogen and oxygen atoms in total. The molecule has 4 heteroatoms. The zero-order chi connectivity index (χ0) is 12.1. The summed E-state index contributed by atoms with van der Waals surface area (Å²) in [4.78, 5) is 2.06. The van der Waals surface area contributed by atoms with Crippen LogP contribution >= 0.6 is 0 Å². The van der Waals surface area contributed by atoms with E-state index in [1.165, 1.54) is 0 Å². The molecule has 2 atom stereocenters. The maximum Gasteiger partial charge on any atom is 0.119 e. The van der Waals surface area contributed by atoms with Crippen LogP contribution in [0.2, 0.25) is 0 Å². The lowest BCUT2D eigenvalue weighted by atomic mass is 10.3. The van der Waals surface area contributed by atoms with Gasteiger partial charge in [0.15, 0.2) is 0 Å². The van der Waals surface area contributed by atoms with Crippen LogP contribution in [0.4, 0.5) is 0 Å². The molecule has 0 bridgehead atoms. The summed E-state index contributed by atoms with van der Waals surface area (Å²) in [5.74, 6) is 0.771. The Balaban J connectivity index is 1.69. The quantitative estimate of drug-likeness (QED) is 0.782. The predicted molar refractivity (Wildman–Crippen MR) is 65.0 cm³/mol. The largest absolute Gasteiger partial charge is 0.491 e. The van der Waals surface area contributed by atoms with Crippen LogP contribution in [0.25, 0.3) is 0 Å². The van der Waals surface area contributed by atoms with Gasteiger partial charge in [-0.2, -0.15) is 0 Å². The summed E-state index contributed by atoms with van der Waals surface area (Å²) in [7, 11) is 0. The van der Waals surface area contributed by atoms with Crippen molar-refractivity contribution in [1.82, 2.24) is 4.90 Å². The van der Waals surface area contributed by atoms with Crippen LogP contribution in [0.3, 0.4) is 0 Å². The fourth-order valence-corrected chi connectivity index (χ4v) is 2.04. The molecule has 2 rings (SSSR count). The molecule has 1 saturated heterocycles. The summed E-state index contributed by atoms with van der Waals surface area (Å²) < 4.78 is 5.47. The first kappa shape index (κ1) is 12.4. The van der Waals surface area contributed by atoms with Gasteiger partial charge in [0.05, 0.1) is 6.10 Å². The Labute approximate surface area is 101 Å². The number of rotatable bonds is 5. The number of hydrogen-bond donors (Lipinski definition) is 2. The Hall–Kier alpha value is -1.10. The van der Waals surface area contributed by atoms with Crippen LogP contribution in [-0.4, -0.2) is 53.6 Å². The van der Waals surface area contributed by atoms with Gasteiger partial charge in [-0.25, -0.2) is 0 Å². The van der Waals surface area contributed by atoms with Gasteiger partial charge in [0.1, 0.15) is 18.5 Å². The fraction of sp³-hybridized carbons (Fsp3) is 0.538. The number of ether oxygens (including phenoxy) is 1. The first-order valence-corrected chi connectivity index (χ1v) is 6.00. The molecule has 1 unspecified atom stereocenters. The Kier molecular flexibility index (Phi) is 4.36. The molecule has 0 radical (unpaired) electrons. The van der Waals surface area contributed by atoms with Gasteiger partial charge in [0.25, 0.3) is 0 Å². The van der Waals surface area contributed by atoms with Gasteiger partial charge >= 0.3 is 0 Å². The highest BCUT2D eigenvalue weighted by Crippen LogP contribution is 2.11. The van der Waals surface area contributed by atoms with E-state index in [1.807, 2.05) is 30.3 Å². The molecule has 2 N–H and O–H groups in total. The van der Waals surface area contributed by atoms with E-state index < -0.39 is 6.10 Å². The summed E-state index contributed by atoms with van der Waals surface area (Å²) >= 11 is 0. The molecule has 1 aromatic rings. The third-order valence-corrected chi connectivity index (χ3v) is 2.90. The molecular formula is C13H19NO3. The maximum atomic E-state index is 9.81. The molecule has 0 aromatic heterocycles. The van der Waals surface area contributed by atoms with E-state index in [1.54, 1.807) is 0 Å². The van der Waals surface area contributed by atoms with Crippen molar-refractivity contribution >= 4 is 0 Å². The number of benzene rings is 1. The fourth-order valence-electron chi connectivity index (χ4n) is 2.04. The second kappa shape index (κ2) is 6.00. The number of aliphatic hydroxyl groups excluding tert-OH is 2. The summed E-state index contributed by atoms with van der Waals surface area (Å²) in [6.45, 7) is 2.35. The smallest absolute Gasteiger partial charge is 0.119 e. The number of para-hydroxylation sites is 1. The van der Waals surface area contributed by atoms with Crippen molar-refractivity contribution in [2.75, 3.05) is 26.2 Å². The molecular weight excluding hydrogens is 218 g/mol. The predicted octanol–water partition coefficient (Wildman–Crippen LogP) is 0.493. The standard InChI is InChI=1S/C13H19NO3/c15-11-6-7-14(8-11)9-12(16)10-17-13-4-2-1-3-5-13/h1-5,11-12,15-16H,6-10H2/t11-,12?/m1/s1. The molecule has 1 heterocycles. The third-order valence-electron chi connectivity index (χ3n) is 2.90. The third kappa shape index (κ3) is 4.00. The molecule has 1 fully saturated rings. The number of likely N-dealkylation sites (tertiary alicyclic amines) is 1. The van der Waals surface area contributed by atoms with Crippen molar-refractivity contribution in [3.8, 4) is 5.75 Å². The van der Waals surface area contributed by atoms with Crippen molar-refractivity contribution in [2.45, 2.75) is 18.6 Å². The van der Waals surface area contributed by atoms with Crippen molar-refractivity contribution in [1.29, 1.82) is 0 Å². The number of hydrogen-bond acceptors (Lipinski definition) is 4. The minimum atomic E-state index is -0.513. The van der Waals surface area contributed by atoms with Crippen molar-refractivity contribution < 1.29 is 14.9 Å². The second-order valence-corrected chi connectivity index (χ2v) is 4.48. The molecule has 1 aliphatic rings. The van der Waals surface area contributed by atoms with E-state index in [0.717, 1.165) is 18.7 Å². The van der Waals surface area contributed by atoms with Crippen LogP contribution in [0.1, 0.15) is 6.42 Å². The van der Waals surface area contributed by atoms with Gasteiger partial charge in [-0.1, -0.05) is 18.2 Å². The minimum absolute atomic E-state index is 0.239.